The molecule has 1 aromatic carbocycles. The van der Waals surface area contributed by atoms with Crippen LogP contribution in [-0.2, 0) is 0 Å². The van der Waals surface area contributed by atoms with Gasteiger partial charge in [0, 0.05) is 6.54 Å². The highest BCUT2D eigenvalue weighted by Crippen LogP contribution is 2.09. The molecule has 5 heteroatoms. The van der Waals surface area contributed by atoms with E-state index in [2.05, 4.69) is 22.7 Å². The predicted octanol–water partition coefficient (Wildman–Crippen LogP) is 1.86. The average molecular weight is 234 g/mol. The van der Waals surface area contributed by atoms with E-state index in [-0.39, 0.29) is 0 Å². The quantitative estimate of drug-likeness (QED) is 0.796. The van der Waals surface area contributed by atoms with Gasteiger partial charge in [-0.3, -0.25) is 5.43 Å². The lowest BCUT2D eigenvalue weighted by molar-refractivity contribution is 0.834. The summed E-state index contributed by atoms with van der Waals surface area (Å²) in [4.78, 5) is 4.27. The normalized spacial score (nSPS) is 10.3. The van der Waals surface area contributed by atoms with Gasteiger partial charge in [-0.1, -0.05) is 19.1 Å². The van der Waals surface area contributed by atoms with E-state index in [0.29, 0.717) is 5.11 Å². The number of rotatable bonds is 3. The van der Waals surface area contributed by atoms with Crippen LogP contribution in [-0.4, -0.2) is 21.3 Å². The fraction of sp³-hybridized carbons (Fsp3) is 0.273. The monoisotopic (exact) mass is 234 g/mol. The first-order valence-electron chi connectivity index (χ1n) is 5.28. The number of imidazole rings is 1. The summed E-state index contributed by atoms with van der Waals surface area (Å²) in [5, 5.41) is 3.72. The Balaban J connectivity index is 2.12. The van der Waals surface area contributed by atoms with E-state index in [1.54, 1.807) is 6.33 Å². The maximum absolute atomic E-state index is 5.16. The van der Waals surface area contributed by atoms with Gasteiger partial charge in [-0.2, -0.15) is 0 Å². The molecule has 0 saturated carbocycles. The number of nitrogens with one attached hydrogen (secondary N) is 2. The number of hydrogen-bond acceptors (Lipinski definition) is 2. The van der Waals surface area contributed by atoms with Gasteiger partial charge in [0.05, 0.1) is 11.0 Å². The third-order valence-electron chi connectivity index (χ3n) is 2.21. The van der Waals surface area contributed by atoms with Crippen molar-refractivity contribution in [3.63, 3.8) is 0 Å². The van der Waals surface area contributed by atoms with Crippen LogP contribution in [0.25, 0.3) is 11.0 Å². The van der Waals surface area contributed by atoms with Crippen molar-refractivity contribution in [3.05, 3.63) is 30.6 Å². The molecule has 1 aromatic heterocycles. The second-order valence-electron chi connectivity index (χ2n) is 3.47. The molecule has 2 rings (SSSR count). The van der Waals surface area contributed by atoms with Gasteiger partial charge < -0.3 is 5.32 Å². The first-order chi connectivity index (χ1) is 7.81. The number of aromatic nitrogens is 2. The molecule has 0 aliphatic heterocycles. The van der Waals surface area contributed by atoms with Crippen LogP contribution in [0.4, 0.5) is 0 Å². The van der Waals surface area contributed by atoms with Crippen molar-refractivity contribution in [2.24, 2.45) is 0 Å². The highest BCUT2D eigenvalue weighted by molar-refractivity contribution is 7.80. The molecule has 0 saturated heterocycles. The van der Waals surface area contributed by atoms with Crippen molar-refractivity contribution in [3.8, 4) is 0 Å². The number of hydrogen-bond donors (Lipinski definition) is 2. The van der Waals surface area contributed by atoms with Gasteiger partial charge in [0.25, 0.3) is 0 Å². The van der Waals surface area contributed by atoms with Gasteiger partial charge in [0.2, 0.25) is 0 Å². The Hall–Kier alpha value is -1.62. The summed E-state index contributed by atoms with van der Waals surface area (Å²) in [5.74, 6) is 0. The molecular weight excluding hydrogens is 220 g/mol. The van der Waals surface area contributed by atoms with Crippen LogP contribution in [0.1, 0.15) is 13.3 Å². The van der Waals surface area contributed by atoms with Gasteiger partial charge in [-0.15, -0.1) is 0 Å². The van der Waals surface area contributed by atoms with Gasteiger partial charge in [0.1, 0.15) is 6.33 Å². The first-order valence-corrected chi connectivity index (χ1v) is 5.69. The van der Waals surface area contributed by atoms with E-state index in [1.807, 2.05) is 28.9 Å². The third-order valence-corrected chi connectivity index (χ3v) is 2.45. The second-order valence-corrected chi connectivity index (χ2v) is 3.88. The molecule has 2 aromatic rings. The zero-order valence-electron chi connectivity index (χ0n) is 9.10. The predicted molar refractivity (Wildman–Crippen MR) is 70.0 cm³/mol. The lowest BCUT2D eigenvalue weighted by atomic mass is 10.3. The molecule has 0 spiro atoms. The number of thiocarbonyl (C=S) groups is 1. The minimum absolute atomic E-state index is 0.616. The molecular formula is C11H14N4S. The lowest BCUT2D eigenvalue weighted by Gasteiger charge is -2.10. The molecule has 0 radical (unpaired) electrons. The van der Waals surface area contributed by atoms with Crippen LogP contribution in [0.2, 0.25) is 0 Å². The number of fused-ring (bicyclic) bond motifs is 1. The summed E-state index contributed by atoms with van der Waals surface area (Å²) >= 11 is 5.16. The average Bonchev–Trinajstić information content (AvgIpc) is 2.70. The molecule has 84 valence electrons. The standard InChI is InChI=1S/C11H14N4S/c1-2-7-12-11(16)14-15-8-13-9-5-3-4-6-10(9)15/h3-6,8H,2,7H2,1H3,(H2,12,14,16). The summed E-state index contributed by atoms with van der Waals surface area (Å²) in [7, 11) is 0. The Morgan fingerprint density at radius 2 is 2.25 bits per heavy atom. The van der Waals surface area contributed by atoms with Crippen molar-refractivity contribution < 1.29 is 0 Å². The fourth-order valence-corrected chi connectivity index (χ4v) is 1.64. The van der Waals surface area contributed by atoms with Crippen molar-refractivity contribution in [2.45, 2.75) is 13.3 Å². The molecule has 16 heavy (non-hydrogen) atoms. The third kappa shape index (κ3) is 2.30. The molecule has 0 amide bonds. The van der Waals surface area contributed by atoms with E-state index in [0.717, 1.165) is 24.0 Å². The molecule has 1 heterocycles. The maximum Gasteiger partial charge on any atom is 0.185 e. The Bertz CT molecular complexity index is 491. The number of benzene rings is 1. The van der Waals surface area contributed by atoms with Crippen LogP contribution in [0.15, 0.2) is 30.6 Å². The van der Waals surface area contributed by atoms with Crippen LogP contribution < -0.4 is 10.7 Å². The van der Waals surface area contributed by atoms with Gasteiger partial charge >= 0.3 is 0 Å². The summed E-state index contributed by atoms with van der Waals surface area (Å²) in [6.45, 7) is 2.97. The zero-order valence-corrected chi connectivity index (χ0v) is 9.92. The largest absolute Gasteiger partial charge is 0.361 e. The maximum atomic E-state index is 5.16. The Labute approximate surface area is 99.6 Å². The van der Waals surface area contributed by atoms with Gasteiger partial charge in [-0.25, -0.2) is 9.66 Å². The van der Waals surface area contributed by atoms with Crippen LogP contribution in [0, 0.1) is 0 Å². The highest BCUT2D eigenvalue weighted by atomic mass is 32.1. The second kappa shape index (κ2) is 4.94. The summed E-state index contributed by atoms with van der Waals surface area (Å²) in [6, 6.07) is 7.91. The molecule has 0 atom stereocenters. The van der Waals surface area contributed by atoms with Gasteiger partial charge in [-0.05, 0) is 30.8 Å². The van der Waals surface area contributed by atoms with Gasteiger partial charge in [0.15, 0.2) is 5.11 Å². The summed E-state index contributed by atoms with van der Waals surface area (Å²) < 4.78 is 1.82. The van der Waals surface area contributed by atoms with E-state index in [9.17, 15) is 0 Å². The molecule has 2 N–H and O–H groups in total. The minimum Gasteiger partial charge on any atom is -0.361 e. The van der Waals surface area contributed by atoms with E-state index in [1.165, 1.54) is 0 Å². The fourth-order valence-electron chi connectivity index (χ4n) is 1.44. The SMILES string of the molecule is CCCNC(=S)Nn1cnc2ccccc21. The molecule has 0 fully saturated rings. The summed E-state index contributed by atoms with van der Waals surface area (Å²) in [5.41, 5.74) is 5.04. The van der Waals surface area contributed by atoms with Crippen molar-refractivity contribution in [1.82, 2.24) is 15.0 Å². The Kier molecular flexibility index (Phi) is 3.36. The molecule has 4 nitrogen and oxygen atoms in total. The minimum atomic E-state index is 0.616. The topological polar surface area (TPSA) is 41.9 Å². The zero-order chi connectivity index (χ0) is 11.4. The van der Waals surface area contributed by atoms with Crippen LogP contribution in [0.5, 0.6) is 0 Å². The Morgan fingerprint density at radius 3 is 3.06 bits per heavy atom. The number of para-hydroxylation sites is 2. The van der Waals surface area contributed by atoms with E-state index < -0.39 is 0 Å². The number of nitrogens with zero attached hydrogens (tertiary/aromatic N) is 2. The lowest BCUT2D eigenvalue weighted by Crippen LogP contribution is -2.33. The smallest absolute Gasteiger partial charge is 0.185 e. The molecule has 0 bridgehead atoms. The van der Waals surface area contributed by atoms with Crippen molar-refractivity contribution >= 4 is 28.4 Å². The summed E-state index contributed by atoms with van der Waals surface area (Å²) in [6.07, 6.45) is 2.77. The van der Waals surface area contributed by atoms with Crippen molar-refractivity contribution in [2.75, 3.05) is 12.0 Å². The van der Waals surface area contributed by atoms with Crippen LogP contribution in [0.3, 0.4) is 0 Å². The molecule has 0 unspecified atom stereocenters. The van der Waals surface area contributed by atoms with Crippen molar-refractivity contribution in [1.29, 1.82) is 0 Å². The van der Waals surface area contributed by atoms with Crippen LogP contribution >= 0.6 is 12.2 Å². The van der Waals surface area contributed by atoms with E-state index >= 15 is 0 Å². The molecule has 0 aliphatic carbocycles. The highest BCUT2D eigenvalue weighted by Gasteiger charge is 2.01. The first kappa shape index (κ1) is 10.9. The Morgan fingerprint density at radius 1 is 1.44 bits per heavy atom. The van der Waals surface area contributed by atoms with E-state index in [4.69, 9.17) is 12.2 Å². The molecule has 0 aliphatic rings.